The predicted molar refractivity (Wildman–Crippen MR) is 134 cm³/mol. The number of hydrogen-bond donors (Lipinski definition) is 1. The lowest BCUT2D eigenvalue weighted by atomic mass is 9.98. The molecule has 0 unspecified atom stereocenters. The number of benzene rings is 3. The van der Waals surface area contributed by atoms with Crippen LogP contribution in [0.1, 0.15) is 44.7 Å². The Balaban J connectivity index is 1.40. The van der Waals surface area contributed by atoms with Crippen molar-refractivity contribution in [3.05, 3.63) is 102 Å². The number of carbonyl (C=O) groups excluding carboxylic acids is 2. The van der Waals surface area contributed by atoms with E-state index in [1.165, 1.54) is 0 Å². The number of amides is 2. The summed E-state index contributed by atoms with van der Waals surface area (Å²) in [6.45, 7) is 3.92. The third kappa shape index (κ3) is 5.14. The molecule has 4 aromatic rings. The molecule has 0 atom stereocenters. The van der Waals surface area contributed by atoms with Gasteiger partial charge in [-0.25, -0.2) is 0 Å². The van der Waals surface area contributed by atoms with E-state index in [2.05, 4.69) is 15.5 Å². The molecule has 7 heteroatoms. The number of likely N-dealkylation sites (tertiary alicyclic amines) is 1. The van der Waals surface area contributed by atoms with Crippen LogP contribution in [-0.2, 0) is 6.54 Å². The lowest BCUT2D eigenvalue weighted by Gasteiger charge is -2.17. The van der Waals surface area contributed by atoms with Crippen molar-refractivity contribution in [1.29, 1.82) is 0 Å². The maximum atomic E-state index is 13.2. The molecule has 2 amide bonds. The van der Waals surface area contributed by atoms with Gasteiger partial charge in [0.05, 0.1) is 0 Å². The highest BCUT2D eigenvalue weighted by atomic mass is 16.2. The minimum atomic E-state index is -0.218. The van der Waals surface area contributed by atoms with E-state index in [1.54, 1.807) is 18.7 Å². The number of hydrogen-bond acceptors (Lipinski definition) is 4. The van der Waals surface area contributed by atoms with Crippen LogP contribution >= 0.6 is 0 Å². The molecule has 1 fully saturated rings. The first-order valence-electron chi connectivity index (χ1n) is 11.8. The summed E-state index contributed by atoms with van der Waals surface area (Å²) in [5.41, 5.74) is 5.88. The molecule has 176 valence electrons. The van der Waals surface area contributed by atoms with E-state index in [-0.39, 0.29) is 11.8 Å². The Morgan fingerprint density at radius 1 is 0.857 bits per heavy atom. The number of rotatable bonds is 6. The van der Waals surface area contributed by atoms with E-state index in [4.69, 9.17) is 0 Å². The number of carbonyl (C=O) groups is 2. The summed E-state index contributed by atoms with van der Waals surface area (Å²) in [4.78, 5) is 28.2. The highest BCUT2D eigenvalue weighted by molar-refractivity contribution is 6.01. The minimum absolute atomic E-state index is 0.0212. The van der Waals surface area contributed by atoms with Gasteiger partial charge in [0.2, 0.25) is 0 Å². The first-order chi connectivity index (χ1) is 17.1. The molecule has 1 N–H and O–H groups in total. The van der Waals surface area contributed by atoms with E-state index >= 15 is 0 Å². The second kappa shape index (κ2) is 9.93. The molecule has 0 bridgehead atoms. The molecule has 35 heavy (non-hydrogen) atoms. The van der Waals surface area contributed by atoms with Crippen LogP contribution in [0.25, 0.3) is 16.8 Å². The molecule has 7 nitrogen and oxygen atoms in total. The first-order valence-corrected chi connectivity index (χ1v) is 11.8. The molecule has 0 radical (unpaired) electrons. The Bertz CT molecular complexity index is 1340. The lowest BCUT2D eigenvalue weighted by molar-refractivity contribution is 0.0793. The van der Waals surface area contributed by atoms with Crippen molar-refractivity contribution >= 4 is 11.8 Å². The quantitative estimate of drug-likeness (QED) is 0.458. The van der Waals surface area contributed by atoms with Crippen molar-refractivity contribution in [2.75, 3.05) is 13.1 Å². The van der Waals surface area contributed by atoms with Crippen molar-refractivity contribution in [2.45, 2.75) is 26.3 Å². The fourth-order valence-electron chi connectivity index (χ4n) is 4.34. The fourth-order valence-corrected chi connectivity index (χ4v) is 4.34. The van der Waals surface area contributed by atoms with Crippen LogP contribution in [0.15, 0.2) is 79.4 Å². The molecular formula is C28H27N5O2. The van der Waals surface area contributed by atoms with E-state index in [1.807, 2.05) is 77.1 Å². The van der Waals surface area contributed by atoms with Crippen molar-refractivity contribution in [2.24, 2.45) is 0 Å². The number of aryl methyl sites for hydroxylation is 1. The van der Waals surface area contributed by atoms with Gasteiger partial charge >= 0.3 is 0 Å². The van der Waals surface area contributed by atoms with Crippen LogP contribution in [-0.4, -0.2) is 44.6 Å². The third-order valence-electron chi connectivity index (χ3n) is 6.30. The summed E-state index contributed by atoms with van der Waals surface area (Å²) in [6, 6.07) is 21.4. The summed E-state index contributed by atoms with van der Waals surface area (Å²) < 4.78 is 1.81. The second-order valence-electron chi connectivity index (χ2n) is 8.89. The molecule has 1 aliphatic rings. The number of nitrogens with zero attached hydrogens (tertiary/aromatic N) is 4. The number of aromatic nitrogens is 3. The van der Waals surface area contributed by atoms with Gasteiger partial charge in [0.15, 0.2) is 0 Å². The maximum Gasteiger partial charge on any atom is 0.253 e. The maximum absolute atomic E-state index is 13.2. The van der Waals surface area contributed by atoms with Crippen LogP contribution in [0.4, 0.5) is 0 Å². The zero-order valence-corrected chi connectivity index (χ0v) is 19.6. The molecule has 0 aliphatic carbocycles. The average Bonchev–Trinajstić information content (AvgIpc) is 3.62. The molecule has 1 aliphatic heterocycles. The molecule has 2 heterocycles. The van der Waals surface area contributed by atoms with Gasteiger partial charge in [-0.05, 0) is 66.8 Å². The largest absolute Gasteiger partial charge is 0.348 e. The van der Waals surface area contributed by atoms with Crippen molar-refractivity contribution in [3.8, 4) is 16.8 Å². The molecule has 1 saturated heterocycles. The summed E-state index contributed by atoms with van der Waals surface area (Å²) in [7, 11) is 0. The predicted octanol–water partition coefficient (Wildman–Crippen LogP) is 4.41. The Morgan fingerprint density at radius 3 is 2.31 bits per heavy atom. The van der Waals surface area contributed by atoms with E-state index in [9.17, 15) is 9.59 Å². The van der Waals surface area contributed by atoms with E-state index in [0.29, 0.717) is 17.7 Å². The zero-order valence-electron chi connectivity index (χ0n) is 19.6. The van der Waals surface area contributed by atoms with Gasteiger partial charge in [-0.15, -0.1) is 10.2 Å². The molecule has 1 aromatic heterocycles. The van der Waals surface area contributed by atoms with E-state index in [0.717, 1.165) is 53.9 Å². The molecule has 5 rings (SSSR count). The molecule has 0 spiro atoms. The Morgan fingerprint density at radius 2 is 1.57 bits per heavy atom. The van der Waals surface area contributed by atoms with Gasteiger partial charge in [0.25, 0.3) is 11.8 Å². The van der Waals surface area contributed by atoms with Gasteiger partial charge < -0.3 is 10.2 Å². The van der Waals surface area contributed by atoms with Gasteiger partial charge in [-0.1, -0.05) is 42.0 Å². The average molecular weight is 466 g/mol. The van der Waals surface area contributed by atoms with Crippen LogP contribution in [0, 0.1) is 6.92 Å². The summed E-state index contributed by atoms with van der Waals surface area (Å²) in [5.74, 6) is -0.240. The fraction of sp³-hybridized carbons (Fsp3) is 0.214. The standard InChI is InChI=1S/C28H27N5O2/c1-20-7-9-22(10-8-20)23-14-24(16-25(15-23)28(35)32-11-2-3-12-32)27(34)29-17-21-5-4-6-26(13-21)33-18-30-31-19-33/h4-10,13-16,18-19H,2-3,11-12,17H2,1H3,(H,29,34). The van der Waals surface area contributed by atoms with Crippen LogP contribution in [0.2, 0.25) is 0 Å². The van der Waals surface area contributed by atoms with Crippen molar-refractivity contribution in [1.82, 2.24) is 25.0 Å². The van der Waals surface area contributed by atoms with Crippen LogP contribution < -0.4 is 5.32 Å². The Kier molecular flexibility index (Phi) is 6.39. The molecule has 0 saturated carbocycles. The lowest BCUT2D eigenvalue weighted by Crippen LogP contribution is -2.28. The van der Waals surface area contributed by atoms with Crippen LogP contribution in [0.3, 0.4) is 0 Å². The van der Waals surface area contributed by atoms with Crippen molar-refractivity contribution < 1.29 is 9.59 Å². The van der Waals surface area contributed by atoms with Crippen molar-refractivity contribution in [3.63, 3.8) is 0 Å². The topological polar surface area (TPSA) is 80.1 Å². The third-order valence-corrected chi connectivity index (χ3v) is 6.30. The molecular weight excluding hydrogens is 438 g/mol. The second-order valence-corrected chi connectivity index (χ2v) is 8.89. The highest BCUT2D eigenvalue weighted by Crippen LogP contribution is 2.25. The van der Waals surface area contributed by atoms with Gasteiger partial charge in [-0.2, -0.15) is 0 Å². The van der Waals surface area contributed by atoms with Gasteiger partial charge in [0.1, 0.15) is 12.7 Å². The summed E-state index contributed by atoms with van der Waals surface area (Å²) in [5, 5.41) is 10.7. The Hall–Kier alpha value is -4.26. The zero-order chi connectivity index (χ0) is 24.2. The van der Waals surface area contributed by atoms with Gasteiger partial charge in [0, 0.05) is 36.4 Å². The van der Waals surface area contributed by atoms with Crippen LogP contribution in [0.5, 0.6) is 0 Å². The minimum Gasteiger partial charge on any atom is -0.348 e. The SMILES string of the molecule is Cc1ccc(-c2cc(C(=O)NCc3cccc(-n4cnnc4)c3)cc(C(=O)N3CCCC3)c2)cc1. The van der Waals surface area contributed by atoms with E-state index < -0.39 is 0 Å². The number of nitrogens with one attached hydrogen (secondary N) is 1. The summed E-state index contributed by atoms with van der Waals surface area (Å²) >= 11 is 0. The monoisotopic (exact) mass is 465 g/mol. The summed E-state index contributed by atoms with van der Waals surface area (Å²) in [6.07, 6.45) is 5.30. The Labute approximate surface area is 204 Å². The van der Waals surface area contributed by atoms with Gasteiger partial charge in [-0.3, -0.25) is 14.2 Å². The highest BCUT2D eigenvalue weighted by Gasteiger charge is 2.21. The smallest absolute Gasteiger partial charge is 0.253 e. The first kappa shape index (κ1) is 22.5. The molecule has 3 aromatic carbocycles. The normalized spacial score (nSPS) is 13.1.